The van der Waals surface area contributed by atoms with E-state index in [0.717, 1.165) is 25.8 Å². The van der Waals surface area contributed by atoms with Crippen LogP contribution < -0.4 is 5.73 Å². The van der Waals surface area contributed by atoms with Crippen LogP contribution in [0.5, 0.6) is 0 Å². The molecule has 1 aromatic carbocycles. The average Bonchev–Trinajstić information content (AvgIpc) is 2.30. The fourth-order valence-corrected chi connectivity index (χ4v) is 2.01. The first kappa shape index (κ1) is 13.2. The predicted molar refractivity (Wildman–Crippen MR) is 70.5 cm³/mol. The third-order valence-corrected chi connectivity index (χ3v) is 3.08. The van der Waals surface area contributed by atoms with Gasteiger partial charge in [0.1, 0.15) is 0 Å². The van der Waals surface area contributed by atoms with Gasteiger partial charge in [-0.05, 0) is 51.0 Å². The van der Waals surface area contributed by atoms with Crippen molar-refractivity contribution in [1.29, 1.82) is 0 Å². The first-order valence-electron chi connectivity index (χ1n) is 6.14. The summed E-state index contributed by atoms with van der Waals surface area (Å²) in [6.45, 7) is 2.96. The zero-order valence-corrected chi connectivity index (χ0v) is 10.7. The van der Waals surface area contributed by atoms with Crippen LogP contribution in [0, 0.1) is 0 Å². The van der Waals surface area contributed by atoms with Crippen molar-refractivity contribution in [3.8, 4) is 0 Å². The summed E-state index contributed by atoms with van der Waals surface area (Å²) in [5.41, 5.74) is 8.38. The Labute approximate surface area is 99.5 Å². The molecule has 0 spiro atoms. The molecule has 16 heavy (non-hydrogen) atoms. The van der Waals surface area contributed by atoms with Crippen LogP contribution in [-0.4, -0.2) is 25.5 Å². The fraction of sp³-hybridized carbons (Fsp3) is 0.571. The molecule has 1 unspecified atom stereocenters. The average molecular weight is 220 g/mol. The minimum atomic E-state index is 0.495. The number of hydrogen-bond donors (Lipinski definition) is 1. The maximum absolute atomic E-state index is 5.58. The van der Waals surface area contributed by atoms with Crippen LogP contribution in [0.25, 0.3) is 0 Å². The number of aryl methyl sites for hydroxylation is 1. The van der Waals surface area contributed by atoms with Gasteiger partial charge in [-0.1, -0.05) is 31.2 Å². The van der Waals surface area contributed by atoms with Crippen molar-refractivity contribution in [2.75, 3.05) is 20.6 Å². The van der Waals surface area contributed by atoms with Gasteiger partial charge < -0.3 is 10.6 Å². The SMILES string of the molecule is CCc1ccc(C(CCCN)N(C)C)cc1. The maximum Gasteiger partial charge on any atom is 0.0342 e. The number of nitrogens with zero attached hydrogens (tertiary/aromatic N) is 1. The quantitative estimate of drug-likeness (QED) is 0.798. The highest BCUT2D eigenvalue weighted by molar-refractivity contribution is 5.25. The van der Waals surface area contributed by atoms with E-state index in [-0.39, 0.29) is 0 Å². The molecule has 1 atom stereocenters. The Morgan fingerprint density at radius 2 is 1.81 bits per heavy atom. The van der Waals surface area contributed by atoms with E-state index >= 15 is 0 Å². The Balaban J connectivity index is 2.75. The molecule has 0 saturated carbocycles. The Bertz CT molecular complexity index is 290. The van der Waals surface area contributed by atoms with Crippen LogP contribution in [0.3, 0.4) is 0 Å². The van der Waals surface area contributed by atoms with Gasteiger partial charge >= 0.3 is 0 Å². The molecule has 0 aromatic heterocycles. The fourth-order valence-electron chi connectivity index (χ4n) is 2.01. The van der Waals surface area contributed by atoms with E-state index in [0.29, 0.717) is 6.04 Å². The minimum absolute atomic E-state index is 0.495. The molecule has 2 N–H and O–H groups in total. The molecule has 0 radical (unpaired) electrons. The third-order valence-electron chi connectivity index (χ3n) is 3.08. The molecule has 2 heteroatoms. The van der Waals surface area contributed by atoms with E-state index in [1.54, 1.807) is 0 Å². The lowest BCUT2D eigenvalue weighted by Gasteiger charge is -2.24. The van der Waals surface area contributed by atoms with Gasteiger partial charge in [0.25, 0.3) is 0 Å². The van der Waals surface area contributed by atoms with Gasteiger partial charge in [0.05, 0.1) is 0 Å². The molecule has 0 fully saturated rings. The van der Waals surface area contributed by atoms with E-state index in [4.69, 9.17) is 5.73 Å². The second kappa shape index (κ2) is 6.66. The number of rotatable bonds is 6. The summed E-state index contributed by atoms with van der Waals surface area (Å²) in [6, 6.07) is 9.46. The Kier molecular flexibility index (Phi) is 5.50. The van der Waals surface area contributed by atoms with Crippen molar-refractivity contribution in [3.63, 3.8) is 0 Å². The van der Waals surface area contributed by atoms with E-state index in [1.165, 1.54) is 11.1 Å². The molecule has 0 heterocycles. The van der Waals surface area contributed by atoms with Crippen molar-refractivity contribution in [2.24, 2.45) is 5.73 Å². The van der Waals surface area contributed by atoms with E-state index in [9.17, 15) is 0 Å². The highest BCUT2D eigenvalue weighted by atomic mass is 15.1. The summed E-state index contributed by atoms with van der Waals surface area (Å²) >= 11 is 0. The summed E-state index contributed by atoms with van der Waals surface area (Å²) in [7, 11) is 4.27. The van der Waals surface area contributed by atoms with Crippen LogP contribution in [0.15, 0.2) is 24.3 Å². The van der Waals surface area contributed by atoms with E-state index in [2.05, 4.69) is 50.2 Å². The molecule has 2 nitrogen and oxygen atoms in total. The Morgan fingerprint density at radius 1 is 1.19 bits per heavy atom. The van der Waals surface area contributed by atoms with Gasteiger partial charge in [-0.2, -0.15) is 0 Å². The van der Waals surface area contributed by atoms with Crippen LogP contribution in [0.4, 0.5) is 0 Å². The highest BCUT2D eigenvalue weighted by Crippen LogP contribution is 2.23. The van der Waals surface area contributed by atoms with Crippen LogP contribution >= 0.6 is 0 Å². The highest BCUT2D eigenvalue weighted by Gasteiger charge is 2.12. The van der Waals surface area contributed by atoms with Gasteiger partial charge in [0.2, 0.25) is 0 Å². The smallest absolute Gasteiger partial charge is 0.0342 e. The number of benzene rings is 1. The molecule has 0 amide bonds. The molecule has 0 aliphatic heterocycles. The molecule has 0 bridgehead atoms. The van der Waals surface area contributed by atoms with Gasteiger partial charge in [0, 0.05) is 6.04 Å². The normalized spacial score (nSPS) is 13.1. The van der Waals surface area contributed by atoms with Crippen molar-refractivity contribution >= 4 is 0 Å². The monoisotopic (exact) mass is 220 g/mol. The number of hydrogen-bond acceptors (Lipinski definition) is 2. The van der Waals surface area contributed by atoms with Crippen molar-refractivity contribution < 1.29 is 0 Å². The van der Waals surface area contributed by atoms with Gasteiger partial charge in [-0.15, -0.1) is 0 Å². The summed E-state index contributed by atoms with van der Waals surface area (Å²) in [5, 5.41) is 0. The molecule has 1 aromatic rings. The minimum Gasteiger partial charge on any atom is -0.330 e. The molecule has 0 aliphatic rings. The number of nitrogens with two attached hydrogens (primary N) is 1. The van der Waals surface area contributed by atoms with Gasteiger partial charge in [-0.25, -0.2) is 0 Å². The Morgan fingerprint density at radius 3 is 2.25 bits per heavy atom. The van der Waals surface area contributed by atoms with Crippen molar-refractivity contribution in [1.82, 2.24) is 4.90 Å². The molecule has 0 aliphatic carbocycles. The van der Waals surface area contributed by atoms with Crippen molar-refractivity contribution in [3.05, 3.63) is 35.4 Å². The largest absolute Gasteiger partial charge is 0.330 e. The zero-order valence-electron chi connectivity index (χ0n) is 10.7. The molecule has 90 valence electrons. The summed E-state index contributed by atoms with van der Waals surface area (Å²) in [5.74, 6) is 0. The molecular formula is C14H24N2. The van der Waals surface area contributed by atoms with E-state index < -0.39 is 0 Å². The molecular weight excluding hydrogens is 196 g/mol. The Hall–Kier alpha value is -0.860. The first-order valence-corrected chi connectivity index (χ1v) is 6.14. The second-order valence-electron chi connectivity index (χ2n) is 4.51. The lowest BCUT2D eigenvalue weighted by atomic mass is 9.99. The van der Waals surface area contributed by atoms with Crippen LogP contribution in [0.2, 0.25) is 0 Å². The lowest BCUT2D eigenvalue weighted by molar-refractivity contribution is 0.280. The van der Waals surface area contributed by atoms with Crippen molar-refractivity contribution in [2.45, 2.75) is 32.2 Å². The predicted octanol–water partition coefficient (Wildman–Crippen LogP) is 2.59. The van der Waals surface area contributed by atoms with Gasteiger partial charge in [0.15, 0.2) is 0 Å². The second-order valence-corrected chi connectivity index (χ2v) is 4.51. The van der Waals surface area contributed by atoms with Gasteiger partial charge in [-0.3, -0.25) is 0 Å². The lowest BCUT2D eigenvalue weighted by Crippen LogP contribution is -2.20. The molecule has 0 saturated heterocycles. The summed E-state index contributed by atoms with van der Waals surface area (Å²) in [6.07, 6.45) is 3.32. The van der Waals surface area contributed by atoms with E-state index in [1.807, 2.05) is 0 Å². The summed E-state index contributed by atoms with van der Waals surface area (Å²) in [4.78, 5) is 2.27. The van der Waals surface area contributed by atoms with Crippen LogP contribution in [-0.2, 0) is 6.42 Å². The van der Waals surface area contributed by atoms with Crippen LogP contribution in [0.1, 0.15) is 36.9 Å². The summed E-state index contributed by atoms with van der Waals surface area (Å²) < 4.78 is 0. The standard InChI is InChI=1S/C14H24N2/c1-4-12-7-9-13(10-8-12)14(16(2)3)6-5-11-15/h7-10,14H,4-6,11,15H2,1-3H3. The maximum atomic E-state index is 5.58. The third kappa shape index (κ3) is 3.62. The topological polar surface area (TPSA) is 29.3 Å². The zero-order chi connectivity index (χ0) is 12.0. The molecule has 1 rings (SSSR count). The first-order chi connectivity index (χ1) is 7.69.